The van der Waals surface area contributed by atoms with Crippen LogP contribution >= 0.6 is 0 Å². The van der Waals surface area contributed by atoms with Gasteiger partial charge >= 0.3 is 0 Å². The number of carbonyl (C=O) groups excluding carboxylic acids is 2. The maximum Gasteiger partial charge on any atom is 0.290 e. The number of amides is 1. The van der Waals surface area contributed by atoms with E-state index in [9.17, 15) is 19.1 Å². The number of nitrogens with zero attached hydrogens (tertiary/aromatic N) is 1. The van der Waals surface area contributed by atoms with Gasteiger partial charge in [0.05, 0.1) is 17.9 Å². The number of rotatable bonds is 7. The molecule has 2 aromatic rings. The molecule has 0 saturated heterocycles. The van der Waals surface area contributed by atoms with E-state index in [1.807, 2.05) is 6.92 Å². The van der Waals surface area contributed by atoms with Gasteiger partial charge in [-0.05, 0) is 36.2 Å². The molecule has 3 rings (SSSR count). The van der Waals surface area contributed by atoms with Gasteiger partial charge in [0, 0.05) is 6.54 Å². The normalized spacial score (nSPS) is 17.2. The highest BCUT2D eigenvalue weighted by Gasteiger charge is 2.44. The molecule has 1 N–H and O–H groups in total. The second-order valence-electron chi connectivity index (χ2n) is 6.23. The number of hydrogen-bond acceptors (Lipinski definition) is 4. The van der Waals surface area contributed by atoms with Gasteiger partial charge < -0.3 is 14.4 Å². The largest absolute Gasteiger partial charge is 0.503 e. The van der Waals surface area contributed by atoms with Gasteiger partial charge in [0.2, 0.25) is 5.78 Å². The first kappa shape index (κ1) is 17.9. The highest BCUT2D eigenvalue weighted by atomic mass is 19.1. The standard InChI is InChI=1S/C20H20FNO4/c1-2-3-4-11-22-17(13-7-9-14(21)10-8-13)16(19(24)20(22)25)18(23)15-6-5-12-26-15/h5-10,12,17,24H,2-4,11H2,1H3. The maximum absolute atomic E-state index is 13.3. The van der Waals surface area contributed by atoms with Crippen molar-refractivity contribution in [2.24, 2.45) is 0 Å². The average molecular weight is 357 g/mol. The van der Waals surface area contributed by atoms with Gasteiger partial charge in [-0.15, -0.1) is 0 Å². The molecule has 1 aliphatic heterocycles. The molecule has 0 fully saturated rings. The molecular formula is C20H20FNO4. The lowest BCUT2D eigenvalue weighted by atomic mass is 9.95. The Morgan fingerprint density at radius 2 is 1.96 bits per heavy atom. The van der Waals surface area contributed by atoms with Crippen LogP contribution in [-0.4, -0.2) is 28.2 Å². The summed E-state index contributed by atoms with van der Waals surface area (Å²) in [5, 5.41) is 10.4. The number of hydrogen-bond donors (Lipinski definition) is 1. The van der Waals surface area contributed by atoms with Crippen LogP contribution in [0.1, 0.15) is 48.3 Å². The van der Waals surface area contributed by atoms with Crippen molar-refractivity contribution in [3.05, 3.63) is 71.1 Å². The molecular weight excluding hydrogens is 337 g/mol. The molecule has 1 unspecified atom stereocenters. The number of Topliss-reactive ketones (excluding diaryl/α,β-unsaturated/α-hetero) is 1. The minimum Gasteiger partial charge on any atom is -0.503 e. The minimum atomic E-state index is -0.766. The lowest BCUT2D eigenvalue weighted by Crippen LogP contribution is -2.32. The lowest BCUT2D eigenvalue weighted by Gasteiger charge is -2.26. The number of halogens is 1. The number of aliphatic hydroxyl groups is 1. The van der Waals surface area contributed by atoms with Crippen LogP contribution in [-0.2, 0) is 4.79 Å². The lowest BCUT2D eigenvalue weighted by molar-refractivity contribution is -0.129. The Bertz CT molecular complexity index is 824. The van der Waals surface area contributed by atoms with Crippen molar-refractivity contribution in [1.82, 2.24) is 4.90 Å². The van der Waals surface area contributed by atoms with Gasteiger partial charge in [-0.2, -0.15) is 0 Å². The van der Waals surface area contributed by atoms with Crippen LogP contribution in [0.15, 0.2) is 58.4 Å². The van der Waals surface area contributed by atoms with Crippen LogP contribution in [0.25, 0.3) is 0 Å². The van der Waals surface area contributed by atoms with Crippen LogP contribution in [0.2, 0.25) is 0 Å². The Morgan fingerprint density at radius 1 is 1.23 bits per heavy atom. The van der Waals surface area contributed by atoms with Crippen LogP contribution in [0.4, 0.5) is 4.39 Å². The number of aliphatic hydroxyl groups excluding tert-OH is 1. The summed E-state index contributed by atoms with van der Waals surface area (Å²) in [5.41, 5.74) is 0.531. The van der Waals surface area contributed by atoms with E-state index in [1.165, 1.54) is 41.5 Å². The molecule has 1 aromatic carbocycles. The van der Waals surface area contributed by atoms with Crippen molar-refractivity contribution >= 4 is 11.7 Å². The molecule has 26 heavy (non-hydrogen) atoms. The zero-order valence-electron chi connectivity index (χ0n) is 14.4. The maximum atomic E-state index is 13.3. The summed E-state index contributed by atoms with van der Waals surface area (Å²) in [5.74, 6) is -2.08. The fourth-order valence-corrected chi connectivity index (χ4v) is 3.18. The van der Waals surface area contributed by atoms with Gasteiger partial charge in [-0.3, -0.25) is 9.59 Å². The summed E-state index contributed by atoms with van der Waals surface area (Å²) in [7, 11) is 0. The Balaban J connectivity index is 2.02. The summed E-state index contributed by atoms with van der Waals surface area (Å²) in [6.45, 7) is 2.44. The van der Waals surface area contributed by atoms with Crippen molar-refractivity contribution in [3.63, 3.8) is 0 Å². The van der Waals surface area contributed by atoms with Crippen molar-refractivity contribution in [2.75, 3.05) is 6.54 Å². The Morgan fingerprint density at radius 3 is 2.58 bits per heavy atom. The van der Waals surface area contributed by atoms with Gasteiger partial charge in [0.15, 0.2) is 11.5 Å². The highest BCUT2D eigenvalue weighted by molar-refractivity contribution is 6.14. The number of carbonyl (C=O) groups is 2. The van der Waals surface area contributed by atoms with E-state index in [-0.39, 0.29) is 11.3 Å². The zero-order valence-corrected chi connectivity index (χ0v) is 14.4. The molecule has 0 spiro atoms. The SMILES string of the molecule is CCCCCN1C(=O)C(O)=C(C(=O)c2ccco2)C1c1ccc(F)cc1. The molecule has 136 valence electrons. The van der Waals surface area contributed by atoms with Crippen LogP contribution < -0.4 is 0 Å². The number of ketones is 1. The molecule has 0 radical (unpaired) electrons. The van der Waals surface area contributed by atoms with E-state index >= 15 is 0 Å². The third kappa shape index (κ3) is 3.27. The third-order valence-electron chi connectivity index (χ3n) is 4.48. The number of benzene rings is 1. The monoisotopic (exact) mass is 357 g/mol. The Labute approximate surface area is 150 Å². The summed E-state index contributed by atoms with van der Waals surface area (Å²) in [6.07, 6.45) is 3.99. The Hall–Kier alpha value is -2.89. The quantitative estimate of drug-likeness (QED) is 0.596. The predicted molar refractivity (Wildman–Crippen MR) is 93.1 cm³/mol. The molecule has 1 atom stereocenters. The highest BCUT2D eigenvalue weighted by Crippen LogP contribution is 2.39. The first-order valence-corrected chi connectivity index (χ1v) is 8.62. The third-order valence-corrected chi connectivity index (χ3v) is 4.48. The second-order valence-corrected chi connectivity index (χ2v) is 6.23. The van der Waals surface area contributed by atoms with Crippen molar-refractivity contribution in [3.8, 4) is 0 Å². The molecule has 0 saturated carbocycles. The van der Waals surface area contributed by atoms with Crippen LogP contribution in [0.5, 0.6) is 0 Å². The van der Waals surface area contributed by atoms with E-state index in [4.69, 9.17) is 4.42 Å². The van der Waals surface area contributed by atoms with Gasteiger partial charge in [0.25, 0.3) is 5.91 Å². The van der Waals surface area contributed by atoms with E-state index < -0.39 is 29.3 Å². The summed E-state index contributed by atoms with van der Waals surface area (Å²) in [6, 6.07) is 7.87. The van der Waals surface area contributed by atoms with Crippen molar-refractivity contribution in [1.29, 1.82) is 0 Å². The molecule has 6 heteroatoms. The topological polar surface area (TPSA) is 70.8 Å². The zero-order chi connectivity index (χ0) is 18.7. The average Bonchev–Trinajstić information content (AvgIpc) is 3.25. The molecule has 0 bridgehead atoms. The molecule has 1 aromatic heterocycles. The molecule has 2 heterocycles. The van der Waals surface area contributed by atoms with E-state index in [0.717, 1.165) is 19.3 Å². The fraction of sp³-hybridized carbons (Fsp3) is 0.300. The molecule has 5 nitrogen and oxygen atoms in total. The summed E-state index contributed by atoms with van der Waals surface area (Å²) < 4.78 is 18.5. The van der Waals surface area contributed by atoms with Crippen LogP contribution in [0.3, 0.4) is 0 Å². The number of unbranched alkanes of at least 4 members (excludes halogenated alkanes) is 2. The van der Waals surface area contributed by atoms with E-state index in [2.05, 4.69) is 0 Å². The number of furan rings is 1. The molecule has 0 aliphatic carbocycles. The summed E-state index contributed by atoms with van der Waals surface area (Å²) >= 11 is 0. The van der Waals surface area contributed by atoms with Crippen molar-refractivity contribution in [2.45, 2.75) is 32.2 Å². The first-order chi connectivity index (χ1) is 12.5. The van der Waals surface area contributed by atoms with Gasteiger partial charge in [-0.1, -0.05) is 31.9 Å². The smallest absolute Gasteiger partial charge is 0.290 e. The van der Waals surface area contributed by atoms with Gasteiger partial charge in [-0.25, -0.2) is 4.39 Å². The van der Waals surface area contributed by atoms with Crippen LogP contribution in [0, 0.1) is 5.82 Å². The fourth-order valence-electron chi connectivity index (χ4n) is 3.18. The van der Waals surface area contributed by atoms with E-state index in [0.29, 0.717) is 12.1 Å². The van der Waals surface area contributed by atoms with Crippen molar-refractivity contribution < 1.29 is 23.5 Å². The second kappa shape index (κ2) is 7.56. The van der Waals surface area contributed by atoms with E-state index in [1.54, 1.807) is 6.07 Å². The molecule has 1 amide bonds. The molecule has 1 aliphatic rings. The minimum absolute atomic E-state index is 0.0342. The van der Waals surface area contributed by atoms with Gasteiger partial charge in [0.1, 0.15) is 5.82 Å². The summed E-state index contributed by atoms with van der Waals surface area (Å²) in [4.78, 5) is 26.9. The first-order valence-electron chi connectivity index (χ1n) is 8.62. The Kier molecular flexibility index (Phi) is 5.21. The predicted octanol–water partition coefficient (Wildman–Crippen LogP) is 4.19.